The average molecular weight is 333 g/mol. The zero-order valence-corrected chi connectivity index (χ0v) is 15.6. The van der Waals surface area contributed by atoms with Gasteiger partial charge in [-0.2, -0.15) is 0 Å². The van der Waals surface area contributed by atoms with Crippen molar-refractivity contribution >= 4 is 30.4 Å². The molecule has 0 saturated carbocycles. The van der Waals surface area contributed by atoms with Crippen LogP contribution in [0.4, 0.5) is 4.79 Å². The molecule has 2 aromatic rings. The smallest absolute Gasteiger partial charge is 0.404 e. The van der Waals surface area contributed by atoms with E-state index in [-0.39, 0.29) is 6.04 Å². The van der Waals surface area contributed by atoms with Crippen LogP contribution in [0.2, 0.25) is 18.1 Å². The second-order valence-electron chi connectivity index (χ2n) is 6.42. The highest BCUT2D eigenvalue weighted by Crippen LogP contribution is 2.27. The van der Waals surface area contributed by atoms with E-state index in [0.717, 1.165) is 6.42 Å². The predicted molar refractivity (Wildman–Crippen MR) is 99.5 cm³/mol. The van der Waals surface area contributed by atoms with Gasteiger partial charge in [0.25, 0.3) is 0 Å². The Hall–Kier alpha value is -1.75. The van der Waals surface area contributed by atoms with E-state index < -0.39 is 14.2 Å². The highest BCUT2D eigenvalue weighted by molar-refractivity contribution is 6.91. The molecule has 0 unspecified atom stereocenters. The van der Waals surface area contributed by atoms with E-state index in [1.807, 2.05) is 6.92 Å². The van der Waals surface area contributed by atoms with Crippen LogP contribution in [0.15, 0.2) is 24.3 Å². The number of hydrogen-bond acceptors (Lipinski definition) is 1. The number of benzene rings is 1. The first-order valence-corrected chi connectivity index (χ1v) is 11.2. The number of amides is 1. The topological polar surface area (TPSA) is 65.1 Å². The number of aromatic nitrogens is 1. The molecule has 0 aliphatic rings. The predicted octanol–water partition coefficient (Wildman–Crippen LogP) is 4.08. The third kappa shape index (κ3) is 3.44. The van der Waals surface area contributed by atoms with Crippen LogP contribution in [0.5, 0.6) is 0 Å². The van der Waals surface area contributed by atoms with Crippen LogP contribution in [-0.4, -0.2) is 30.3 Å². The summed E-state index contributed by atoms with van der Waals surface area (Å²) in [7, 11) is -1.56. The van der Waals surface area contributed by atoms with Crippen LogP contribution in [0.25, 0.3) is 10.9 Å². The summed E-state index contributed by atoms with van der Waals surface area (Å²) >= 11 is 0. The van der Waals surface area contributed by atoms with Crippen LogP contribution in [0.1, 0.15) is 33.3 Å². The van der Waals surface area contributed by atoms with Gasteiger partial charge in [-0.3, -0.25) is 0 Å². The van der Waals surface area contributed by atoms with Crippen molar-refractivity contribution in [1.29, 1.82) is 0 Å². The van der Waals surface area contributed by atoms with Crippen molar-refractivity contribution in [2.24, 2.45) is 0 Å². The lowest BCUT2D eigenvalue weighted by molar-refractivity contribution is 0.191. The molecule has 1 atom stereocenters. The van der Waals surface area contributed by atoms with Gasteiger partial charge >= 0.3 is 6.09 Å². The Balaban J connectivity index is 2.55. The van der Waals surface area contributed by atoms with Crippen molar-refractivity contribution in [3.05, 3.63) is 29.8 Å². The molecule has 4 nitrogen and oxygen atoms in total. The second kappa shape index (κ2) is 7.21. The van der Waals surface area contributed by atoms with Crippen molar-refractivity contribution in [3.63, 3.8) is 0 Å². The minimum atomic E-state index is -1.56. The van der Waals surface area contributed by atoms with Gasteiger partial charge in [0.1, 0.15) is 8.07 Å². The Morgan fingerprint density at radius 3 is 2.39 bits per heavy atom. The van der Waals surface area contributed by atoms with Crippen LogP contribution in [0.3, 0.4) is 0 Å². The minimum Gasteiger partial charge on any atom is -0.465 e. The van der Waals surface area contributed by atoms with E-state index in [4.69, 9.17) is 5.11 Å². The molecule has 126 valence electrons. The second-order valence-corrected chi connectivity index (χ2v) is 11.6. The van der Waals surface area contributed by atoms with E-state index in [1.54, 1.807) is 0 Å². The summed E-state index contributed by atoms with van der Waals surface area (Å²) in [6, 6.07) is 11.9. The lowest BCUT2D eigenvalue weighted by Crippen LogP contribution is -2.49. The molecular weight excluding hydrogens is 304 g/mol. The number of aromatic amines is 1. The standard InChI is InChI=1S/C18H28N2O2Si/c1-5-23(6-2,7-3)17-15(12-13(4)19-18(21)22)14-10-8-9-11-16(14)20-17/h8-11,13,19-20H,5-7,12H2,1-4H3,(H,21,22)/t13-/m1/s1. The summed E-state index contributed by atoms with van der Waals surface area (Å²) in [6.45, 7) is 8.83. The molecule has 0 aliphatic heterocycles. The Bertz CT molecular complexity index is 668. The van der Waals surface area contributed by atoms with Crippen LogP contribution < -0.4 is 10.6 Å². The van der Waals surface area contributed by atoms with E-state index in [0.29, 0.717) is 0 Å². The number of hydrogen-bond donors (Lipinski definition) is 3. The van der Waals surface area contributed by atoms with Gasteiger partial charge in [0.05, 0.1) is 0 Å². The third-order valence-corrected chi connectivity index (χ3v) is 10.8. The fourth-order valence-electron chi connectivity index (χ4n) is 3.71. The SMILES string of the molecule is CC[Si](CC)(CC)c1[nH]c2ccccc2c1C[C@@H](C)NC(=O)O. The van der Waals surface area contributed by atoms with E-state index >= 15 is 0 Å². The van der Waals surface area contributed by atoms with Gasteiger partial charge in [0.2, 0.25) is 0 Å². The molecule has 1 amide bonds. The molecule has 1 heterocycles. The Kier molecular flexibility index (Phi) is 5.52. The molecule has 0 spiro atoms. The monoisotopic (exact) mass is 332 g/mol. The van der Waals surface area contributed by atoms with Gasteiger partial charge in [-0.15, -0.1) is 0 Å². The van der Waals surface area contributed by atoms with E-state index in [1.165, 1.54) is 39.9 Å². The molecule has 23 heavy (non-hydrogen) atoms. The van der Waals surface area contributed by atoms with Crippen molar-refractivity contribution in [2.75, 3.05) is 0 Å². The highest BCUT2D eigenvalue weighted by atomic mass is 28.3. The molecule has 3 N–H and O–H groups in total. The van der Waals surface area contributed by atoms with Crippen LogP contribution in [-0.2, 0) is 6.42 Å². The maximum Gasteiger partial charge on any atom is 0.404 e. The van der Waals surface area contributed by atoms with Gasteiger partial charge in [0, 0.05) is 22.3 Å². The first-order chi connectivity index (χ1) is 11.0. The zero-order chi connectivity index (χ0) is 17.0. The van der Waals surface area contributed by atoms with Crippen molar-refractivity contribution in [2.45, 2.75) is 58.3 Å². The minimum absolute atomic E-state index is 0.0947. The summed E-state index contributed by atoms with van der Waals surface area (Å²) in [5.41, 5.74) is 2.49. The molecule has 1 aromatic carbocycles. The Labute approximate surface area is 139 Å². The fraction of sp³-hybridized carbons (Fsp3) is 0.500. The highest BCUT2D eigenvalue weighted by Gasteiger charge is 2.34. The maximum absolute atomic E-state index is 10.9. The molecule has 0 fully saturated rings. The summed E-state index contributed by atoms with van der Waals surface area (Å²) < 4.78 is 0. The largest absolute Gasteiger partial charge is 0.465 e. The van der Waals surface area contributed by atoms with Crippen LogP contribution >= 0.6 is 0 Å². The quantitative estimate of drug-likeness (QED) is 0.669. The first kappa shape index (κ1) is 17.6. The van der Waals surface area contributed by atoms with Gasteiger partial charge in [-0.1, -0.05) is 57.1 Å². The molecule has 0 radical (unpaired) electrons. The average Bonchev–Trinajstić information content (AvgIpc) is 2.88. The molecule has 0 aliphatic carbocycles. The Morgan fingerprint density at radius 1 is 1.22 bits per heavy atom. The van der Waals surface area contributed by atoms with E-state index in [9.17, 15) is 4.79 Å². The fourth-order valence-corrected chi connectivity index (χ4v) is 7.55. The lowest BCUT2D eigenvalue weighted by atomic mass is 10.1. The summed E-state index contributed by atoms with van der Waals surface area (Å²) in [5, 5.41) is 14.2. The zero-order valence-electron chi connectivity index (χ0n) is 14.6. The normalized spacial score (nSPS) is 13.2. The number of carboxylic acid groups (broad SMARTS) is 1. The van der Waals surface area contributed by atoms with Gasteiger partial charge in [-0.05, 0) is 25.0 Å². The third-order valence-electron chi connectivity index (χ3n) is 5.25. The Morgan fingerprint density at radius 2 is 1.83 bits per heavy atom. The van der Waals surface area contributed by atoms with Crippen molar-refractivity contribution < 1.29 is 9.90 Å². The first-order valence-electron chi connectivity index (χ1n) is 8.56. The summed E-state index contributed by atoms with van der Waals surface area (Å²) in [4.78, 5) is 14.6. The van der Waals surface area contributed by atoms with Gasteiger partial charge in [-0.25, -0.2) is 4.79 Å². The number of fused-ring (bicyclic) bond motifs is 1. The van der Waals surface area contributed by atoms with E-state index in [2.05, 4.69) is 55.3 Å². The molecule has 0 saturated heterocycles. The summed E-state index contributed by atoms with van der Waals surface area (Å²) in [5.74, 6) is 0. The number of para-hydroxylation sites is 1. The molecule has 1 aromatic heterocycles. The van der Waals surface area contributed by atoms with Gasteiger partial charge in [0.15, 0.2) is 0 Å². The summed E-state index contributed by atoms with van der Waals surface area (Å²) in [6.07, 6.45) is -0.218. The number of H-pyrrole nitrogens is 1. The molecule has 5 heteroatoms. The number of rotatable bonds is 7. The van der Waals surface area contributed by atoms with Crippen molar-refractivity contribution in [1.82, 2.24) is 10.3 Å². The lowest BCUT2D eigenvalue weighted by Gasteiger charge is -2.29. The molecular formula is C18H28N2O2Si. The molecule has 0 bridgehead atoms. The number of nitrogens with one attached hydrogen (secondary N) is 2. The van der Waals surface area contributed by atoms with Crippen molar-refractivity contribution in [3.8, 4) is 0 Å². The maximum atomic E-state index is 10.9. The number of carbonyl (C=O) groups is 1. The molecule has 2 rings (SSSR count). The van der Waals surface area contributed by atoms with Gasteiger partial charge < -0.3 is 15.4 Å². The van der Waals surface area contributed by atoms with Crippen LogP contribution in [0, 0.1) is 0 Å².